The summed E-state index contributed by atoms with van der Waals surface area (Å²) in [6.07, 6.45) is 10.4. The molecule has 7 nitrogen and oxygen atoms in total. The Morgan fingerprint density at radius 1 is 1.12 bits per heavy atom. The first kappa shape index (κ1) is 38.3. The Kier molecular flexibility index (Phi) is 9.61. The number of nitrogens with zero attached hydrogens (tertiary/aromatic N) is 2. The summed E-state index contributed by atoms with van der Waals surface area (Å²) in [6.45, 7) is 25.3. The van der Waals surface area contributed by atoms with E-state index >= 15 is 0 Å². The Hall–Kier alpha value is -2.00. The second-order valence-corrected chi connectivity index (χ2v) is 20.8. The Balaban J connectivity index is 1.35. The molecule has 2 aromatic rings. The van der Waals surface area contributed by atoms with E-state index in [1.54, 1.807) is 16.9 Å². The van der Waals surface area contributed by atoms with Crippen molar-refractivity contribution < 1.29 is 19.4 Å². The van der Waals surface area contributed by atoms with Crippen molar-refractivity contribution in [2.75, 3.05) is 26.9 Å². The van der Waals surface area contributed by atoms with Crippen LogP contribution in [0.4, 0.5) is 0 Å². The fourth-order valence-electron chi connectivity index (χ4n) is 13.1. The highest BCUT2D eigenvalue weighted by atomic mass is 32.1. The van der Waals surface area contributed by atoms with Crippen LogP contribution in [-0.2, 0) is 14.3 Å². The summed E-state index contributed by atoms with van der Waals surface area (Å²) in [4.78, 5) is 14.8. The number of carbonyl (C=O) groups is 1. The van der Waals surface area contributed by atoms with Gasteiger partial charge in [-0.25, -0.2) is 0 Å². The summed E-state index contributed by atoms with van der Waals surface area (Å²) < 4.78 is 16.5. The van der Waals surface area contributed by atoms with E-state index in [-0.39, 0.29) is 44.8 Å². The first-order valence-electron chi connectivity index (χ1n) is 20.3. The minimum absolute atomic E-state index is 0.0274. The molecule has 1 aliphatic heterocycles. The molecule has 4 fully saturated rings. The molecule has 0 amide bonds. The molecule has 0 aromatic carbocycles. The van der Waals surface area contributed by atoms with Crippen molar-refractivity contribution in [3.8, 4) is 10.6 Å². The molecule has 2 N–H and O–H groups in total. The Morgan fingerprint density at radius 3 is 2.50 bits per heavy atom. The lowest BCUT2D eigenvalue weighted by atomic mass is 9.34. The predicted molar refractivity (Wildman–Crippen MR) is 210 cm³/mol. The normalized spacial score (nSPS) is 41.8. The SMILES string of the molecule is CN[C@@](C)(CO[C@H]1[C@H](n2nccc2-c2cccs2)C[C@@]23COC[C@]1(C)[C@@H]2CC[C@H]1C3=CC[C@@]2(C)[C@H](C(=O)O)[C@@](C)([C@H](C)C(C)C)CC[C@]12C)C(C)C. The minimum atomic E-state index is -0.604. The van der Waals surface area contributed by atoms with Crippen LogP contribution in [-0.4, -0.2) is 59.4 Å². The lowest BCUT2D eigenvalue weighted by molar-refractivity contribution is -0.253. The summed E-state index contributed by atoms with van der Waals surface area (Å²) in [6, 6.07) is 6.54. The van der Waals surface area contributed by atoms with E-state index in [1.807, 2.05) is 6.20 Å². The van der Waals surface area contributed by atoms with E-state index < -0.39 is 11.9 Å². The number of allylic oxidation sites excluding steroid dienone is 1. The maximum atomic E-state index is 13.6. The summed E-state index contributed by atoms with van der Waals surface area (Å²) in [5, 5.41) is 22.0. The first-order chi connectivity index (χ1) is 24.4. The van der Waals surface area contributed by atoms with Crippen molar-refractivity contribution in [2.24, 2.45) is 62.6 Å². The van der Waals surface area contributed by atoms with Crippen LogP contribution in [0.25, 0.3) is 10.6 Å². The molecular formula is C44H67N3O4S. The van der Waals surface area contributed by atoms with Crippen LogP contribution >= 0.6 is 11.3 Å². The second-order valence-electron chi connectivity index (χ2n) is 19.8. The largest absolute Gasteiger partial charge is 0.481 e. The van der Waals surface area contributed by atoms with Gasteiger partial charge in [-0.1, -0.05) is 80.0 Å². The third kappa shape index (κ3) is 5.26. The molecule has 12 atom stereocenters. The van der Waals surface area contributed by atoms with Gasteiger partial charge in [0.15, 0.2) is 0 Å². The van der Waals surface area contributed by atoms with Crippen LogP contribution < -0.4 is 5.32 Å². The van der Waals surface area contributed by atoms with Crippen LogP contribution in [0.2, 0.25) is 0 Å². The Labute approximate surface area is 317 Å². The van der Waals surface area contributed by atoms with E-state index in [9.17, 15) is 9.90 Å². The van der Waals surface area contributed by atoms with Gasteiger partial charge in [0.05, 0.1) is 48.5 Å². The molecule has 0 unspecified atom stereocenters. The van der Waals surface area contributed by atoms with E-state index in [0.29, 0.717) is 49.4 Å². The number of hydrogen-bond donors (Lipinski definition) is 2. The van der Waals surface area contributed by atoms with Crippen LogP contribution in [0.1, 0.15) is 114 Å². The van der Waals surface area contributed by atoms with Crippen molar-refractivity contribution in [1.29, 1.82) is 0 Å². The lowest BCUT2D eigenvalue weighted by Gasteiger charge is -2.71. The average molecular weight is 734 g/mol. The van der Waals surface area contributed by atoms with Gasteiger partial charge in [0.2, 0.25) is 0 Å². The summed E-state index contributed by atoms with van der Waals surface area (Å²) >= 11 is 1.77. The highest BCUT2D eigenvalue weighted by Crippen LogP contribution is 2.75. The van der Waals surface area contributed by atoms with Crippen LogP contribution in [0.3, 0.4) is 0 Å². The quantitative estimate of drug-likeness (QED) is 0.237. The number of fused-ring (bicyclic) bond motifs is 3. The molecule has 5 aliphatic rings. The van der Waals surface area contributed by atoms with Gasteiger partial charge in [-0.2, -0.15) is 5.10 Å². The molecule has 52 heavy (non-hydrogen) atoms. The highest BCUT2D eigenvalue weighted by Gasteiger charge is 2.72. The third-order valence-corrected chi connectivity index (χ3v) is 18.1. The van der Waals surface area contributed by atoms with Gasteiger partial charge in [0, 0.05) is 22.6 Å². The smallest absolute Gasteiger partial charge is 0.307 e. The number of carboxylic acids is 1. The predicted octanol–water partition coefficient (Wildman–Crippen LogP) is 9.76. The molecule has 0 spiro atoms. The van der Waals surface area contributed by atoms with Gasteiger partial charge in [0.1, 0.15) is 0 Å². The van der Waals surface area contributed by atoms with Crippen molar-refractivity contribution in [2.45, 2.75) is 125 Å². The molecule has 288 valence electrons. The number of rotatable bonds is 10. The number of ether oxygens (including phenoxy) is 2. The van der Waals surface area contributed by atoms with Crippen molar-refractivity contribution in [1.82, 2.24) is 15.1 Å². The fourth-order valence-corrected chi connectivity index (χ4v) is 13.9. The zero-order valence-corrected chi connectivity index (χ0v) is 34.7. The topological polar surface area (TPSA) is 85.6 Å². The van der Waals surface area contributed by atoms with Gasteiger partial charge in [-0.3, -0.25) is 9.48 Å². The number of aromatic nitrogens is 2. The fraction of sp³-hybridized carbons (Fsp3) is 0.773. The summed E-state index contributed by atoms with van der Waals surface area (Å²) in [5.74, 6) is 0.899. The van der Waals surface area contributed by atoms with Crippen molar-refractivity contribution in [3.63, 3.8) is 0 Å². The van der Waals surface area contributed by atoms with Crippen LogP contribution in [0.15, 0.2) is 41.4 Å². The molecule has 3 saturated carbocycles. The van der Waals surface area contributed by atoms with Crippen LogP contribution in [0.5, 0.6) is 0 Å². The zero-order chi connectivity index (χ0) is 37.6. The van der Waals surface area contributed by atoms with E-state index in [2.05, 4.69) is 116 Å². The van der Waals surface area contributed by atoms with Gasteiger partial charge >= 0.3 is 5.97 Å². The number of likely N-dealkylation sites (N-methyl/N-ethyl adjacent to an activating group) is 1. The number of thiophene rings is 1. The number of carboxylic acid groups (broad SMARTS) is 1. The molecule has 0 radical (unpaired) electrons. The molecule has 4 aliphatic carbocycles. The van der Waals surface area contributed by atoms with Gasteiger partial charge in [0.25, 0.3) is 0 Å². The van der Waals surface area contributed by atoms with Crippen molar-refractivity contribution in [3.05, 3.63) is 41.4 Å². The summed E-state index contributed by atoms with van der Waals surface area (Å²) in [5.41, 5.74) is 1.47. The average Bonchev–Trinajstić information content (AvgIpc) is 3.80. The lowest BCUT2D eigenvalue weighted by Crippen LogP contribution is -2.69. The maximum absolute atomic E-state index is 13.6. The minimum Gasteiger partial charge on any atom is -0.481 e. The molecule has 2 aromatic heterocycles. The number of nitrogens with one attached hydrogen (secondary N) is 1. The Morgan fingerprint density at radius 2 is 1.87 bits per heavy atom. The first-order valence-corrected chi connectivity index (χ1v) is 21.2. The van der Waals surface area contributed by atoms with E-state index in [4.69, 9.17) is 14.6 Å². The second kappa shape index (κ2) is 13.1. The van der Waals surface area contributed by atoms with Gasteiger partial charge in [-0.05, 0) is 116 Å². The molecule has 1 saturated heterocycles. The van der Waals surface area contributed by atoms with Gasteiger partial charge in [-0.15, -0.1) is 11.3 Å². The molecule has 8 heteroatoms. The summed E-state index contributed by atoms with van der Waals surface area (Å²) in [7, 11) is 2.05. The number of aliphatic carboxylic acids is 1. The van der Waals surface area contributed by atoms with E-state index in [1.165, 1.54) is 4.88 Å². The standard InChI is InChI=1S/C44H67N3O4S/c1-27(2)29(5)39(6)19-20-41(8)30-14-15-35-40(7)24-50-26-44(35,31(30)16-18-42(41,9)36(39)38(48)49)23-33(37(40)51-25-43(10,45-11)28(3)4)47-32(17-21-46-47)34-13-12-22-52-34/h12-13,16-17,21-22,27-30,33,35-37,45H,14-15,18-20,23-26H2,1-11H3,(H,48,49)/t29-,30+,33-,35+,36-,37+,39-,40-,41-,42+,43+,44+/m1/s1. The molecule has 3 heterocycles. The van der Waals surface area contributed by atoms with Crippen LogP contribution in [0, 0.1) is 62.6 Å². The molecule has 2 bridgehead atoms. The molecular weight excluding hydrogens is 667 g/mol. The highest BCUT2D eigenvalue weighted by molar-refractivity contribution is 7.13. The van der Waals surface area contributed by atoms with Gasteiger partial charge < -0.3 is 19.9 Å². The van der Waals surface area contributed by atoms with Crippen molar-refractivity contribution >= 4 is 17.3 Å². The zero-order valence-electron chi connectivity index (χ0n) is 33.9. The number of hydrogen-bond acceptors (Lipinski definition) is 6. The monoisotopic (exact) mass is 733 g/mol. The van der Waals surface area contributed by atoms with E-state index in [0.717, 1.165) is 44.2 Å². The Bertz CT molecular complexity index is 1670. The third-order valence-electron chi connectivity index (χ3n) is 17.3. The maximum Gasteiger partial charge on any atom is 0.307 e. The molecule has 7 rings (SSSR count).